The first-order valence-corrected chi connectivity index (χ1v) is 14.4. The van der Waals surface area contributed by atoms with Gasteiger partial charge in [0.2, 0.25) is 11.8 Å². The number of aliphatic hydroxyl groups excluding tert-OH is 1. The first kappa shape index (κ1) is 28.8. The van der Waals surface area contributed by atoms with E-state index in [-0.39, 0.29) is 31.0 Å². The number of ether oxygens (including phenoxy) is 1. The summed E-state index contributed by atoms with van der Waals surface area (Å²) in [4.78, 5) is 45.2. The van der Waals surface area contributed by atoms with Gasteiger partial charge in [0.1, 0.15) is 6.04 Å². The molecular formula is C28H44N2O5S. The van der Waals surface area contributed by atoms with Crippen molar-refractivity contribution >= 4 is 29.5 Å². The fourth-order valence-electron chi connectivity index (χ4n) is 6.35. The number of hydrogen-bond donors (Lipinski definition) is 1. The van der Waals surface area contributed by atoms with Gasteiger partial charge in [-0.3, -0.25) is 14.4 Å². The number of carbonyl (C=O) groups excluding carboxylic acids is 3. The summed E-state index contributed by atoms with van der Waals surface area (Å²) in [6, 6.07) is -0.581. The highest BCUT2D eigenvalue weighted by Gasteiger charge is 2.77. The zero-order valence-electron chi connectivity index (χ0n) is 22.1. The van der Waals surface area contributed by atoms with E-state index >= 15 is 0 Å². The van der Waals surface area contributed by atoms with Crippen LogP contribution >= 0.6 is 11.8 Å². The van der Waals surface area contributed by atoms with Crippen LogP contribution in [0.2, 0.25) is 0 Å². The van der Waals surface area contributed by atoms with E-state index in [9.17, 15) is 14.4 Å². The Hall–Kier alpha value is -1.80. The van der Waals surface area contributed by atoms with E-state index in [1.165, 1.54) is 0 Å². The molecule has 0 aromatic heterocycles. The molecule has 0 saturated carbocycles. The molecule has 3 rings (SSSR count). The summed E-state index contributed by atoms with van der Waals surface area (Å²) in [5.41, 5.74) is 0. The van der Waals surface area contributed by atoms with Crippen molar-refractivity contribution < 1.29 is 24.2 Å². The zero-order chi connectivity index (χ0) is 26.3. The van der Waals surface area contributed by atoms with E-state index in [0.717, 1.165) is 51.4 Å². The number of nitrogens with zero attached hydrogens (tertiary/aromatic N) is 2. The van der Waals surface area contributed by atoms with Crippen LogP contribution < -0.4 is 0 Å². The molecule has 36 heavy (non-hydrogen) atoms. The molecule has 2 amide bonds. The van der Waals surface area contributed by atoms with Gasteiger partial charge >= 0.3 is 5.97 Å². The highest BCUT2D eigenvalue weighted by atomic mass is 32.2. The zero-order valence-corrected chi connectivity index (χ0v) is 22.9. The molecule has 0 aromatic carbocycles. The van der Waals surface area contributed by atoms with E-state index in [4.69, 9.17) is 9.84 Å². The molecule has 3 aliphatic rings. The van der Waals surface area contributed by atoms with Crippen LogP contribution in [0, 0.1) is 11.8 Å². The van der Waals surface area contributed by atoms with Gasteiger partial charge in [-0.05, 0) is 45.4 Å². The number of amides is 2. The molecule has 3 saturated heterocycles. The second-order valence-corrected chi connectivity index (χ2v) is 12.5. The summed E-state index contributed by atoms with van der Waals surface area (Å²) in [5, 5.41) is 9.10. The number of carbonyl (C=O) groups is 3. The van der Waals surface area contributed by atoms with Crippen molar-refractivity contribution in [2.45, 2.75) is 87.2 Å². The molecule has 2 bridgehead atoms. The quantitative estimate of drug-likeness (QED) is 0.188. The minimum atomic E-state index is -0.609. The first-order valence-electron chi connectivity index (χ1n) is 13.6. The molecule has 3 aliphatic heterocycles. The van der Waals surface area contributed by atoms with Gasteiger partial charge in [0, 0.05) is 31.0 Å². The molecule has 8 heteroatoms. The lowest BCUT2D eigenvalue weighted by molar-refractivity contribution is -0.155. The van der Waals surface area contributed by atoms with Crippen LogP contribution in [0.4, 0.5) is 0 Å². The van der Waals surface area contributed by atoms with Crippen LogP contribution in [-0.2, 0) is 19.1 Å². The number of aliphatic hydroxyl groups is 1. The molecule has 0 aliphatic carbocycles. The lowest BCUT2D eigenvalue weighted by Gasteiger charge is -2.37. The second-order valence-electron chi connectivity index (χ2n) is 10.6. The number of esters is 1. The molecule has 2 unspecified atom stereocenters. The lowest BCUT2D eigenvalue weighted by Crippen LogP contribution is -2.55. The van der Waals surface area contributed by atoms with Crippen molar-refractivity contribution in [3.63, 3.8) is 0 Å². The Morgan fingerprint density at radius 1 is 1.19 bits per heavy atom. The summed E-state index contributed by atoms with van der Waals surface area (Å²) in [5.74, 6) is -1.51. The Morgan fingerprint density at radius 2 is 1.94 bits per heavy atom. The van der Waals surface area contributed by atoms with Gasteiger partial charge in [-0.15, -0.1) is 24.9 Å². The van der Waals surface area contributed by atoms with E-state index in [1.54, 1.807) is 28.8 Å². The number of hydrogen-bond acceptors (Lipinski definition) is 6. The minimum absolute atomic E-state index is 0.0213. The van der Waals surface area contributed by atoms with Gasteiger partial charge < -0.3 is 19.6 Å². The van der Waals surface area contributed by atoms with Crippen molar-refractivity contribution in [3.05, 3.63) is 25.3 Å². The van der Waals surface area contributed by atoms with Gasteiger partial charge in [0.25, 0.3) is 0 Å². The summed E-state index contributed by atoms with van der Waals surface area (Å²) >= 11 is 1.69. The average molecular weight is 521 g/mol. The molecule has 7 nitrogen and oxygen atoms in total. The van der Waals surface area contributed by atoms with Crippen molar-refractivity contribution in [1.29, 1.82) is 0 Å². The Bertz CT molecular complexity index is 835. The van der Waals surface area contributed by atoms with Gasteiger partial charge in [-0.1, -0.05) is 38.3 Å². The second kappa shape index (κ2) is 12.6. The predicted molar refractivity (Wildman–Crippen MR) is 143 cm³/mol. The third-order valence-corrected chi connectivity index (χ3v) is 10.1. The number of rotatable bonds is 16. The van der Waals surface area contributed by atoms with E-state index in [0.29, 0.717) is 26.1 Å². The Balaban J connectivity index is 1.93. The van der Waals surface area contributed by atoms with E-state index in [2.05, 4.69) is 27.0 Å². The van der Waals surface area contributed by atoms with Crippen LogP contribution in [0.25, 0.3) is 0 Å². The Kier molecular flexibility index (Phi) is 10.1. The van der Waals surface area contributed by atoms with Crippen LogP contribution in [-0.4, -0.2) is 81.1 Å². The topological polar surface area (TPSA) is 87.1 Å². The molecule has 5 atom stereocenters. The minimum Gasteiger partial charge on any atom is -0.465 e. The molecule has 202 valence electrons. The van der Waals surface area contributed by atoms with Crippen LogP contribution in [0.15, 0.2) is 25.3 Å². The highest BCUT2D eigenvalue weighted by molar-refractivity contribution is 8.02. The number of fused-ring (bicyclic) bond motifs is 1. The van der Waals surface area contributed by atoms with Crippen LogP contribution in [0.5, 0.6) is 0 Å². The van der Waals surface area contributed by atoms with Crippen molar-refractivity contribution in [2.75, 3.05) is 32.8 Å². The van der Waals surface area contributed by atoms with E-state index in [1.807, 2.05) is 4.90 Å². The Labute approximate surface area is 220 Å². The number of thioether (sulfide) groups is 1. The maximum absolute atomic E-state index is 14.2. The van der Waals surface area contributed by atoms with Crippen molar-refractivity contribution in [2.24, 2.45) is 11.8 Å². The third-order valence-electron chi connectivity index (χ3n) is 8.08. The average Bonchev–Trinajstić information content (AvgIpc) is 3.42. The van der Waals surface area contributed by atoms with Crippen molar-refractivity contribution in [3.8, 4) is 0 Å². The maximum atomic E-state index is 14.2. The highest BCUT2D eigenvalue weighted by Crippen LogP contribution is 2.71. The maximum Gasteiger partial charge on any atom is 0.311 e. The molecule has 0 aromatic rings. The summed E-state index contributed by atoms with van der Waals surface area (Å²) in [6.45, 7) is 13.7. The van der Waals surface area contributed by atoms with Gasteiger partial charge in [-0.2, -0.15) is 0 Å². The summed E-state index contributed by atoms with van der Waals surface area (Å²) in [6.07, 6.45) is 10.7. The van der Waals surface area contributed by atoms with Crippen LogP contribution in [0.1, 0.15) is 71.6 Å². The molecule has 0 radical (unpaired) electrons. The fourth-order valence-corrected chi connectivity index (χ4v) is 8.69. The smallest absolute Gasteiger partial charge is 0.311 e. The molecule has 3 heterocycles. The standard InChI is InChI=1S/C28H44N2O5S/c1-5-8-17-29(16-7-3)25(33)23-28-15-14-27(4,36-28)22(26(34)35-20-9-6-2)21(28)24(32)30(23)18-12-10-11-13-19-31/h6-7,21-23,31H,2-3,5,8-20H2,1,4H3/t21-,22-,23?,27+,28?/m0/s1. The lowest BCUT2D eigenvalue weighted by atomic mass is 9.66. The predicted octanol–water partition coefficient (Wildman–Crippen LogP) is 3.95. The van der Waals surface area contributed by atoms with Crippen molar-refractivity contribution in [1.82, 2.24) is 9.80 Å². The number of likely N-dealkylation sites (tertiary alicyclic amines) is 1. The molecular weight excluding hydrogens is 476 g/mol. The van der Waals surface area contributed by atoms with Crippen LogP contribution in [0.3, 0.4) is 0 Å². The SMILES string of the molecule is C=CCCOC(=O)[C@@H]1[C@H]2C(=O)N(CCCCCCO)C(C(=O)N(CC=C)CCCC)C23CC[C@@]1(C)S3. The number of unbranched alkanes of at least 4 members (excludes halogenated alkanes) is 4. The van der Waals surface area contributed by atoms with Gasteiger partial charge in [0.15, 0.2) is 0 Å². The molecule has 1 N–H and O–H groups in total. The summed E-state index contributed by atoms with van der Waals surface area (Å²) < 4.78 is 4.58. The summed E-state index contributed by atoms with van der Waals surface area (Å²) in [7, 11) is 0. The Morgan fingerprint density at radius 3 is 2.61 bits per heavy atom. The van der Waals surface area contributed by atoms with E-state index < -0.39 is 27.4 Å². The first-order chi connectivity index (χ1) is 17.3. The normalized spacial score (nSPS) is 30.4. The van der Waals surface area contributed by atoms with Gasteiger partial charge in [0.05, 0.1) is 23.2 Å². The molecule has 3 fully saturated rings. The molecule has 1 spiro atoms. The monoisotopic (exact) mass is 520 g/mol. The van der Waals surface area contributed by atoms with Gasteiger partial charge in [-0.25, -0.2) is 0 Å². The largest absolute Gasteiger partial charge is 0.465 e. The fraction of sp³-hybridized carbons (Fsp3) is 0.750. The third kappa shape index (κ3) is 5.40.